The van der Waals surface area contributed by atoms with E-state index in [1.165, 1.54) is 12.1 Å². The first-order chi connectivity index (χ1) is 10.0. The maximum Gasteiger partial charge on any atom is 0.337 e. The molecule has 5 heteroatoms. The molecule has 0 aliphatic rings. The zero-order valence-corrected chi connectivity index (χ0v) is 12.0. The van der Waals surface area contributed by atoms with E-state index >= 15 is 0 Å². The van der Waals surface area contributed by atoms with E-state index in [0.717, 1.165) is 17.5 Å². The standard InChI is InChI=1S/C16H17FN2O2/c1-3-19(10-13-6-4-5-11(2)18-13)15-8-7-12(17)9-14(15)16(20)21/h4-9H,3,10H2,1-2H3,(H,20,21). The van der Waals surface area contributed by atoms with Crippen molar-refractivity contribution in [2.75, 3.05) is 11.4 Å². The summed E-state index contributed by atoms with van der Waals surface area (Å²) in [5, 5.41) is 9.24. The summed E-state index contributed by atoms with van der Waals surface area (Å²) in [6, 6.07) is 9.52. The van der Waals surface area contributed by atoms with Gasteiger partial charge in [0.1, 0.15) is 5.82 Å². The van der Waals surface area contributed by atoms with Gasteiger partial charge >= 0.3 is 5.97 Å². The van der Waals surface area contributed by atoms with E-state index in [4.69, 9.17) is 0 Å². The summed E-state index contributed by atoms with van der Waals surface area (Å²) in [7, 11) is 0. The van der Waals surface area contributed by atoms with Crippen molar-refractivity contribution in [3.05, 3.63) is 59.2 Å². The Morgan fingerprint density at radius 3 is 2.71 bits per heavy atom. The summed E-state index contributed by atoms with van der Waals surface area (Å²) in [5.74, 6) is -1.69. The molecule has 0 fully saturated rings. The molecule has 1 aromatic carbocycles. The third-order valence-corrected chi connectivity index (χ3v) is 3.21. The summed E-state index contributed by atoms with van der Waals surface area (Å²) in [6.07, 6.45) is 0. The first-order valence-electron chi connectivity index (χ1n) is 6.71. The molecule has 0 aliphatic carbocycles. The van der Waals surface area contributed by atoms with Crippen LogP contribution >= 0.6 is 0 Å². The number of anilines is 1. The number of carboxylic acid groups (broad SMARTS) is 1. The van der Waals surface area contributed by atoms with Gasteiger partial charge in [0, 0.05) is 12.2 Å². The molecule has 2 aromatic rings. The van der Waals surface area contributed by atoms with Crippen LogP contribution in [-0.2, 0) is 6.54 Å². The van der Waals surface area contributed by atoms with E-state index in [2.05, 4.69) is 4.98 Å². The second-order valence-corrected chi connectivity index (χ2v) is 4.75. The van der Waals surface area contributed by atoms with Crippen molar-refractivity contribution in [1.82, 2.24) is 4.98 Å². The van der Waals surface area contributed by atoms with Crippen molar-refractivity contribution < 1.29 is 14.3 Å². The average molecular weight is 288 g/mol. The number of pyridine rings is 1. The Kier molecular flexibility index (Phi) is 4.52. The van der Waals surface area contributed by atoms with Crippen molar-refractivity contribution in [1.29, 1.82) is 0 Å². The van der Waals surface area contributed by atoms with Crippen molar-refractivity contribution in [3.63, 3.8) is 0 Å². The lowest BCUT2D eigenvalue weighted by atomic mass is 10.1. The van der Waals surface area contributed by atoms with Gasteiger partial charge in [-0.25, -0.2) is 9.18 Å². The highest BCUT2D eigenvalue weighted by atomic mass is 19.1. The van der Waals surface area contributed by atoms with Crippen LogP contribution in [-0.4, -0.2) is 22.6 Å². The smallest absolute Gasteiger partial charge is 0.337 e. The number of aryl methyl sites for hydroxylation is 1. The number of aromatic carboxylic acids is 1. The molecule has 1 heterocycles. The molecule has 4 nitrogen and oxygen atoms in total. The van der Waals surface area contributed by atoms with Crippen LogP contribution in [0.25, 0.3) is 0 Å². The molecule has 2 rings (SSSR count). The van der Waals surface area contributed by atoms with Gasteiger partial charge in [-0.3, -0.25) is 4.98 Å². The molecule has 1 N–H and O–H groups in total. The van der Waals surface area contributed by atoms with Crippen LogP contribution in [0.15, 0.2) is 36.4 Å². The largest absolute Gasteiger partial charge is 0.478 e. The highest BCUT2D eigenvalue weighted by molar-refractivity contribution is 5.94. The first-order valence-corrected chi connectivity index (χ1v) is 6.71. The van der Waals surface area contributed by atoms with Gasteiger partial charge in [-0.05, 0) is 44.2 Å². The molecule has 0 unspecified atom stereocenters. The number of nitrogens with zero attached hydrogens (tertiary/aromatic N) is 2. The van der Waals surface area contributed by atoms with Crippen molar-refractivity contribution in [2.45, 2.75) is 20.4 Å². The minimum absolute atomic E-state index is 0.0375. The maximum absolute atomic E-state index is 13.3. The lowest BCUT2D eigenvalue weighted by Gasteiger charge is -2.24. The summed E-state index contributed by atoms with van der Waals surface area (Å²) >= 11 is 0. The van der Waals surface area contributed by atoms with E-state index in [9.17, 15) is 14.3 Å². The molecule has 0 aliphatic heterocycles. The fourth-order valence-corrected chi connectivity index (χ4v) is 2.21. The van der Waals surface area contributed by atoms with Crippen molar-refractivity contribution in [3.8, 4) is 0 Å². The molecule has 21 heavy (non-hydrogen) atoms. The maximum atomic E-state index is 13.3. The second-order valence-electron chi connectivity index (χ2n) is 4.75. The summed E-state index contributed by atoms with van der Waals surface area (Å²) in [5.41, 5.74) is 2.21. The third-order valence-electron chi connectivity index (χ3n) is 3.21. The number of hydrogen-bond acceptors (Lipinski definition) is 3. The van der Waals surface area contributed by atoms with Crippen LogP contribution in [0, 0.1) is 12.7 Å². The lowest BCUT2D eigenvalue weighted by molar-refractivity contribution is 0.0697. The number of aromatic nitrogens is 1. The molecule has 0 atom stereocenters. The Bertz CT molecular complexity index is 658. The summed E-state index contributed by atoms with van der Waals surface area (Å²) in [4.78, 5) is 17.6. The van der Waals surface area contributed by atoms with Gasteiger partial charge in [0.15, 0.2) is 0 Å². The van der Waals surface area contributed by atoms with Crippen LogP contribution in [0.2, 0.25) is 0 Å². The first kappa shape index (κ1) is 15.0. The number of halogens is 1. The molecule has 0 saturated carbocycles. The Morgan fingerprint density at radius 2 is 2.10 bits per heavy atom. The molecular formula is C16H17FN2O2. The van der Waals surface area contributed by atoms with Crippen LogP contribution in [0.5, 0.6) is 0 Å². The van der Waals surface area contributed by atoms with Crippen molar-refractivity contribution >= 4 is 11.7 Å². The minimum atomic E-state index is -1.14. The van der Waals surface area contributed by atoms with Gasteiger partial charge in [-0.15, -0.1) is 0 Å². The summed E-state index contributed by atoms with van der Waals surface area (Å²) < 4.78 is 13.3. The molecule has 1 aromatic heterocycles. The number of rotatable bonds is 5. The van der Waals surface area contributed by atoms with Crippen LogP contribution in [0.3, 0.4) is 0 Å². The Labute approximate surface area is 122 Å². The fraction of sp³-hybridized carbons (Fsp3) is 0.250. The predicted octanol–water partition coefficient (Wildman–Crippen LogP) is 3.25. The van der Waals surface area contributed by atoms with Crippen molar-refractivity contribution in [2.24, 2.45) is 0 Å². The van der Waals surface area contributed by atoms with E-state index in [0.29, 0.717) is 18.8 Å². The van der Waals surface area contributed by atoms with Gasteiger partial charge in [-0.1, -0.05) is 6.07 Å². The molecule has 0 amide bonds. The van der Waals surface area contributed by atoms with Gasteiger partial charge in [0.25, 0.3) is 0 Å². The Hall–Kier alpha value is -2.43. The molecule has 110 valence electrons. The predicted molar refractivity (Wildman–Crippen MR) is 79.1 cm³/mol. The number of benzene rings is 1. The van der Waals surface area contributed by atoms with Crippen LogP contribution in [0.4, 0.5) is 10.1 Å². The SMILES string of the molecule is CCN(Cc1cccc(C)n1)c1ccc(F)cc1C(=O)O. The topological polar surface area (TPSA) is 53.4 Å². The lowest BCUT2D eigenvalue weighted by Crippen LogP contribution is -2.25. The third kappa shape index (κ3) is 3.56. The van der Waals surface area contributed by atoms with Crippen LogP contribution < -0.4 is 4.90 Å². The quantitative estimate of drug-likeness (QED) is 0.917. The average Bonchev–Trinajstić information content (AvgIpc) is 2.45. The van der Waals surface area contributed by atoms with Gasteiger partial charge in [0.05, 0.1) is 23.5 Å². The number of carbonyl (C=O) groups is 1. The summed E-state index contributed by atoms with van der Waals surface area (Å²) in [6.45, 7) is 4.90. The molecule has 0 saturated heterocycles. The molecular weight excluding hydrogens is 271 g/mol. The normalized spacial score (nSPS) is 10.4. The monoisotopic (exact) mass is 288 g/mol. The molecule has 0 radical (unpaired) electrons. The number of carboxylic acids is 1. The van der Waals surface area contributed by atoms with Crippen LogP contribution in [0.1, 0.15) is 28.7 Å². The van der Waals surface area contributed by atoms with Gasteiger partial charge in [0.2, 0.25) is 0 Å². The highest BCUT2D eigenvalue weighted by Crippen LogP contribution is 2.23. The van der Waals surface area contributed by atoms with E-state index in [-0.39, 0.29) is 5.56 Å². The van der Waals surface area contributed by atoms with E-state index in [1.54, 1.807) is 0 Å². The Morgan fingerprint density at radius 1 is 1.33 bits per heavy atom. The second kappa shape index (κ2) is 6.35. The Balaban J connectivity index is 2.35. The minimum Gasteiger partial charge on any atom is -0.478 e. The molecule has 0 spiro atoms. The van der Waals surface area contributed by atoms with Gasteiger partial charge in [-0.2, -0.15) is 0 Å². The van der Waals surface area contributed by atoms with Gasteiger partial charge < -0.3 is 10.0 Å². The van der Waals surface area contributed by atoms with E-state index < -0.39 is 11.8 Å². The zero-order chi connectivity index (χ0) is 15.4. The zero-order valence-electron chi connectivity index (χ0n) is 12.0. The highest BCUT2D eigenvalue weighted by Gasteiger charge is 2.16. The molecule has 0 bridgehead atoms. The fourth-order valence-electron chi connectivity index (χ4n) is 2.21. The van der Waals surface area contributed by atoms with E-state index in [1.807, 2.05) is 36.9 Å². The number of hydrogen-bond donors (Lipinski definition) is 1.